The van der Waals surface area contributed by atoms with Gasteiger partial charge in [0.1, 0.15) is 24.3 Å². The van der Waals surface area contributed by atoms with Crippen molar-refractivity contribution in [2.24, 2.45) is 9.98 Å². The molecule has 0 bridgehead atoms. The number of aryl methyl sites for hydroxylation is 2. The molecule has 2 N–H and O–H groups in total. The predicted molar refractivity (Wildman–Crippen MR) is 70.9 cm³/mol. The zero-order chi connectivity index (χ0) is 13.2. The van der Waals surface area contributed by atoms with E-state index in [-0.39, 0.29) is 0 Å². The Morgan fingerprint density at radius 1 is 1.11 bits per heavy atom. The summed E-state index contributed by atoms with van der Waals surface area (Å²) in [5.41, 5.74) is 1.11. The average Bonchev–Trinajstić information content (AvgIpc) is 3.05. The Kier molecular flexibility index (Phi) is 6.02. The van der Waals surface area contributed by atoms with Crippen molar-refractivity contribution in [1.82, 2.24) is 25.1 Å². The standard InChI is InChI=1S/2C4H6N2.C3H5N3/c1-4-2-5-3-6-4;1-4-5-2-3-6-4;1-3-4-2-5-6-3/h3H,2H2,1H3;2-3H,1H3,(H,5,6);2H,1H3,(H,4,5,6). The number of imidazole rings is 1. The van der Waals surface area contributed by atoms with Crippen molar-refractivity contribution in [3.8, 4) is 0 Å². The summed E-state index contributed by atoms with van der Waals surface area (Å²) in [6, 6.07) is 0. The highest BCUT2D eigenvalue weighted by Gasteiger charge is 1.89. The van der Waals surface area contributed by atoms with E-state index in [0.29, 0.717) is 0 Å². The van der Waals surface area contributed by atoms with Gasteiger partial charge in [-0.1, -0.05) is 0 Å². The predicted octanol–water partition coefficient (Wildman–Crippen LogP) is 1.32. The Hall–Kier alpha value is -2.31. The van der Waals surface area contributed by atoms with E-state index in [1.807, 2.05) is 20.8 Å². The molecule has 0 saturated heterocycles. The van der Waals surface area contributed by atoms with Crippen LogP contribution in [0.5, 0.6) is 0 Å². The van der Waals surface area contributed by atoms with Gasteiger partial charge in [0.25, 0.3) is 0 Å². The molecule has 0 aliphatic carbocycles. The van der Waals surface area contributed by atoms with Gasteiger partial charge in [0.15, 0.2) is 0 Å². The minimum Gasteiger partial charge on any atom is -0.349 e. The third-order valence-corrected chi connectivity index (χ3v) is 1.85. The SMILES string of the molecule is CC1=NC=NC1.Cc1ncc[nH]1.Cc1ncn[nH]1. The summed E-state index contributed by atoms with van der Waals surface area (Å²) in [6.07, 6.45) is 6.61. The first-order chi connectivity index (χ1) is 8.68. The van der Waals surface area contributed by atoms with Crippen molar-refractivity contribution >= 4 is 12.1 Å². The minimum absolute atomic E-state index is 0.806. The molecule has 7 heteroatoms. The molecule has 0 fully saturated rings. The van der Waals surface area contributed by atoms with E-state index >= 15 is 0 Å². The molecule has 0 radical (unpaired) electrons. The lowest BCUT2D eigenvalue weighted by atomic mass is 10.4. The molecule has 18 heavy (non-hydrogen) atoms. The summed E-state index contributed by atoms with van der Waals surface area (Å²) in [5.74, 6) is 1.82. The highest BCUT2D eigenvalue weighted by Crippen LogP contribution is 1.83. The maximum absolute atomic E-state index is 3.86. The molecule has 3 heterocycles. The molecule has 0 saturated carbocycles. The van der Waals surface area contributed by atoms with Crippen LogP contribution in [0.2, 0.25) is 0 Å². The number of hydrogen-bond acceptors (Lipinski definition) is 5. The fraction of sp³-hybridized carbons (Fsp3) is 0.364. The van der Waals surface area contributed by atoms with Crippen LogP contribution in [0.1, 0.15) is 18.6 Å². The monoisotopic (exact) mass is 247 g/mol. The molecule has 1 aliphatic rings. The number of H-pyrrole nitrogens is 2. The van der Waals surface area contributed by atoms with Crippen LogP contribution in [-0.2, 0) is 0 Å². The molecule has 0 spiro atoms. The summed E-state index contributed by atoms with van der Waals surface area (Å²) in [6.45, 7) is 6.54. The molecule has 0 amide bonds. The smallest absolute Gasteiger partial charge is 0.137 e. The molecule has 1 aliphatic heterocycles. The van der Waals surface area contributed by atoms with Gasteiger partial charge >= 0.3 is 0 Å². The average molecular weight is 247 g/mol. The number of aromatic amines is 2. The van der Waals surface area contributed by atoms with Crippen LogP contribution >= 0.6 is 0 Å². The van der Waals surface area contributed by atoms with Gasteiger partial charge in [0, 0.05) is 18.1 Å². The molecule has 0 unspecified atom stereocenters. The Morgan fingerprint density at radius 3 is 2.11 bits per heavy atom. The molecule has 0 aromatic carbocycles. The quantitative estimate of drug-likeness (QED) is 0.735. The van der Waals surface area contributed by atoms with Crippen LogP contribution in [0.4, 0.5) is 0 Å². The Balaban J connectivity index is 0.000000135. The summed E-state index contributed by atoms with van der Waals surface area (Å²) in [4.78, 5) is 18.2. The highest BCUT2D eigenvalue weighted by atomic mass is 15.2. The van der Waals surface area contributed by atoms with Crippen LogP contribution in [0.3, 0.4) is 0 Å². The minimum atomic E-state index is 0.806. The third kappa shape index (κ3) is 6.31. The van der Waals surface area contributed by atoms with E-state index in [2.05, 4.69) is 35.1 Å². The first-order valence-corrected chi connectivity index (χ1v) is 5.48. The molecule has 2 aromatic rings. The number of nitrogens with zero attached hydrogens (tertiary/aromatic N) is 5. The maximum Gasteiger partial charge on any atom is 0.137 e. The second-order valence-corrected chi connectivity index (χ2v) is 3.57. The van der Waals surface area contributed by atoms with Crippen molar-refractivity contribution in [3.63, 3.8) is 0 Å². The Bertz CT molecular complexity index is 435. The molecule has 0 atom stereocenters. The van der Waals surface area contributed by atoms with Gasteiger partial charge in [-0.3, -0.25) is 10.1 Å². The number of aliphatic imine (C=N–C) groups is 2. The van der Waals surface area contributed by atoms with Crippen molar-refractivity contribution in [1.29, 1.82) is 0 Å². The zero-order valence-corrected chi connectivity index (χ0v) is 10.8. The normalized spacial score (nSPS) is 12.1. The van der Waals surface area contributed by atoms with Gasteiger partial charge in [0.2, 0.25) is 0 Å². The van der Waals surface area contributed by atoms with E-state index in [9.17, 15) is 0 Å². The van der Waals surface area contributed by atoms with Gasteiger partial charge in [-0.05, 0) is 20.8 Å². The summed E-state index contributed by atoms with van der Waals surface area (Å²) >= 11 is 0. The summed E-state index contributed by atoms with van der Waals surface area (Å²) in [5, 5.41) is 6.22. The van der Waals surface area contributed by atoms with E-state index in [1.54, 1.807) is 18.7 Å². The van der Waals surface area contributed by atoms with Crippen molar-refractivity contribution in [3.05, 3.63) is 30.4 Å². The van der Waals surface area contributed by atoms with Gasteiger partial charge in [0.05, 0.1) is 6.54 Å². The third-order valence-electron chi connectivity index (χ3n) is 1.85. The zero-order valence-electron chi connectivity index (χ0n) is 10.8. The van der Waals surface area contributed by atoms with Crippen LogP contribution in [0.15, 0.2) is 28.7 Å². The first-order valence-electron chi connectivity index (χ1n) is 5.48. The topological polar surface area (TPSA) is 95.0 Å². The molecular formula is C11H17N7. The molecule has 96 valence electrons. The highest BCUT2D eigenvalue weighted by molar-refractivity contribution is 5.94. The van der Waals surface area contributed by atoms with Crippen molar-refractivity contribution in [2.75, 3.05) is 6.54 Å². The summed E-state index contributed by atoms with van der Waals surface area (Å²) in [7, 11) is 0. The number of rotatable bonds is 0. The number of aromatic nitrogens is 5. The second-order valence-electron chi connectivity index (χ2n) is 3.57. The Morgan fingerprint density at radius 2 is 1.94 bits per heavy atom. The molecule has 7 nitrogen and oxygen atoms in total. The molecule has 2 aromatic heterocycles. The van der Waals surface area contributed by atoms with Crippen molar-refractivity contribution < 1.29 is 0 Å². The lowest BCUT2D eigenvalue weighted by molar-refractivity contribution is 1.04. The lowest BCUT2D eigenvalue weighted by Crippen LogP contribution is -1.87. The molecule has 3 rings (SSSR count). The fourth-order valence-electron chi connectivity index (χ4n) is 0.964. The van der Waals surface area contributed by atoms with Gasteiger partial charge in [-0.15, -0.1) is 0 Å². The van der Waals surface area contributed by atoms with E-state index in [4.69, 9.17) is 0 Å². The summed E-state index contributed by atoms with van der Waals surface area (Å²) < 4.78 is 0. The van der Waals surface area contributed by atoms with Crippen molar-refractivity contribution in [2.45, 2.75) is 20.8 Å². The molecular weight excluding hydrogens is 230 g/mol. The lowest BCUT2D eigenvalue weighted by Gasteiger charge is -1.75. The van der Waals surface area contributed by atoms with Crippen LogP contribution < -0.4 is 0 Å². The first kappa shape index (κ1) is 13.8. The Labute approximate surface area is 106 Å². The van der Waals surface area contributed by atoms with Gasteiger partial charge in [-0.2, -0.15) is 5.10 Å². The van der Waals surface area contributed by atoms with E-state index in [1.165, 1.54) is 6.33 Å². The number of nitrogens with one attached hydrogen (secondary N) is 2. The fourth-order valence-corrected chi connectivity index (χ4v) is 0.964. The van der Waals surface area contributed by atoms with Crippen LogP contribution in [0.25, 0.3) is 0 Å². The number of hydrogen-bond donors (Lipinski definition) is 2. The van der Waals surface area contributed by atoms with E-state index in [0.717, 1.165) is 23.9 Å². The van der Waals surface area contributed by atoms with Gasteiger partial charge < -0.3 is 4.98 Å². The van der Waals surface area contributed by atoms with Crippen LogP contribution in [0, 0.1) is 13.8 Å². The maximum atomic E-state index is 3.86. The van der Waals surface area contributed by atoms with E-state index < -0.39 is 0 Å². The second kappa shape index (κ2) is 7.88. The van der Waals surface area contributed by atoms with Crippen LogP contribution in [-0.4, -0.2) is 43.7 Å². The largest absolute Gasteiger partial charge is 0.349 e. The van der Waals surface area contributed by atoms with Gasteiger partial charge in [-0.25, -0.2) is 15.0 Å².